The molecule has 2 heterocycles. The molecule has 0 saturated carbocycles. The molecule has 7 heteroatoms. The zero-order valence-electron chi connectivity index (χ0n) is 14.2. The van der Waals surface area contributed by atoms with Crippen LogP contribution in [-0.4, -0.2) is 21.4 Å². The van der Waals surface area contributed by atoms with Crippen LogP contribution >= 0.6 is 11.6 Å². The smallest absolute Gasteiger partial charge is 0.222 e. The van der Waals surface area contributed by atoms with Gasteiger partial charge in [-0.15, -0.1) is 0 Å². The predicted molar refractivity (Wildman–Crippen MR) is 98.2 cm³/mol. The standard InChI is InChI=1S/C19H18ClFN4O/c1-2-26-13-8-6-12(7-9-13)16-10-17(25-19(24-16)22-11-23-25)18-14(20)4-3-5-15(18)21/h3-9,11,16-17H,2,10H2,1H3,(H,22,23,24)/t16-,17+/m0/s1. The summed E-state index contributed by atoms with van der Waals surface area (Å²) < 4.78 is 21.7. The lowest BCUT2D eigenvalue weighted by atomic mass is 9.93. The van der Waals surface area contributed by atoms with Gasteiger partial charge >= 0.3 is 0 Å². The number of halogens is 2. The Morgan fingerprint density at radius 1 is 1.27 bits per heavy atom. The monoisotopic (exact) mass is 372 g/mol. The van der Waals surface area contributed by atoms with Crippen molar-refractivity contribution in [3.63, 3.8) is 0 Å². The van der Waals surface area contributed by atoms with Crippen LogP contribution in [0.5, 0.6) is 5.75 Å². The molecule has 0 fully saturated rings. The van der Waals surface area contributed by atoms with E-state index in [9.17, 15) is 4.39 Å². The Balaban J connectivity index is 1.70. The molecule has 0 aliphatic carbocycles. The molecular formula is C19H18ClFN4O. The Morgan fingerprint density at radius 2 is 2.08 bits per heavy atom. The minimum atomic E-state index is -0.337. The molecule has 1 aromatic heterocycles. The number of fused-ring (bicyclic) bond motifs is 1. The molecule has 0 unspecified atom stereocenters. The summed E-state index contributed by atoms with van der Waals surface area (Å²) in [7, 11) is 0. The van der Waals surface area contributed by atoms with Crippen molar-refractivity contribution in [2.75, 3.05) is 11.9 Å². The highest BCUT2D eigenvalue weighted by Crippen LogP contribution is 2.40. The highest BCUT2D eigenvalue weighted by atomic mass is 35.5. The van der Waals surface area contributed by atoms with Gasteiger partial charge < -0.3 is 10.1 Å². The molecular weight excluding hydrogens is 355 g/mol. The second kappa shape index (κ2) is 6.96. The topological polar surface area (TPSA) is 52.0 Å². The quantitative estimate of drug-likeness (QED) is 0.726. The summed E-state index contributed by atoms with van der Waals surface area (Å²) in [6.45, 7) is 2.57. The van der Waals surface area contributed by atoms with E-state index in [-0.39, 0.29) is 17.9 Å². The first-order valence-electron chi connectivity index (χ1n) is 8.50. The summed E-state index contributed by atoms with van der Waals surface area (Å²) in [6, 6.07) is 12.2. The van der Waals surface area contributed by atoms with E-state index in [0.717, 1.165) is 11.3 Å². The maximum Gasteiger partial charge on any atom is 0.222 e. The van der Waals surface area contributed by atoms with E-state index < -0.39 is 0 Å². The van der Waals surface area contributed by atoms with E-state index in [2.05, 4.69) is 15.4 Å². The summed E-state index contributed by atoms with van der Waals surface area (Å²) in [5.74, 6) is 1.08. The molecule has 1 N–H and O–H groups in total. The minimum Gasteiger partial charge on any atom is -0.494 e. The van der Waals surface area contributed by atoms with Gasteiger partial charge in [0.15, 0.2) is 0 Å². The van der Waals surface area contributed by atoms with E-state index in [1.807, 2.05) is 31.2 Å². The Labute approximate surface area is 155 Å². The first-order valence-corrected chi connectivity index (χ1v) is 8.88. The van der Waals surface area contributed by atoms with Crippen LogP contribution in [0.3, 0.4) is 0 Å². The van der Waals surface area contributed by atoms with Gasteiger partial charge in [-0.3, -0.25) is 0 Å². The van der Waals surface area contributed by atoms with Crippen LogP contribution < -0.4 is 10.1 Å². The Morgan fingerprint density at radius 3 is 2.81 bits per heavy atom. The summed E-state index contributed by atoms with van der Waals surface area (Å²) in [6.07, 6.45) is 2.07. The normalized spacial score (nSPS) is 18.9. The zero-order valence-corrected chi connectivity index (χ0v) is 14.9. The molecule has 3 aromatic rings. The van der Waals surface area contributed by atoms with Crippen molar-refractivity contribution in [3.8, 4) is 5.75 Å². The van der Waals surface area contributed by atoms with E-state index in [0.29, 0.717) is 29.6 Å². The number of hydrogen-bond acceptors (Lipinski definition) is 4. The van der Waals surface area contributed by atoms with Crippen molar-refractivity contribution in [1.82, 2.24) is 14.8 Å². The fourth-order valence-electron chi connectivity index (χ4n) is 3.37. The van der Waals surface area contributed by atoms with Crippen LogP contribution in [0.15, 0.2) is 48.8 Å². The van der Waals surface area contributed by atoms with Crippen molar-refractivity contribution >= 4 is 17.5 Å². The number of hydrogen-bond donors (Lipinski definition) is 1. The van der Waals surface area contributed by atoms with Crippen molar-refractivity contribution in [3.05, 3.63) is 70.8 Å². The number of nitrogens with zero attached hydrogens (tertiary/aromatic N) is 3. The second-order valence-corrected chi connectivity index (χ2v) is 6.52. The van der Waals surface area contributed by atoms with Gasteiger partial charge in [-0.05, 0) is 43.2 Å². The van der Waals surface area contributed by atoms with Crippen molar-refractivity contribution in [1.29, 1.82) is 0 Å². The molecule has 1 aliphatic heterocycles. The molecule has 134 valence electrons. The number of ether oxygens (including phenoxy) is 1. The summed E-state index contributed by atoms with van der Waals surface area (Å²) in [5, 5.41) is 8.02. The first kappa shape index (κ1) is 16.8. The van der Waals surface area contributed by atoms with Gasteiger partial charge in [0.05, 0.1) is 18.7 Å². The maximum absolute atomic E-state index is 14.5. The largest absolute Gasteiger partial charge is 0.494 e. The van der Waals surface area contributed by atoms with Crippen LogP contribution in [0.25, 0.3) is 0 Å². The SMILES string of the molecule is CCOc1ccc([C@@H]2C[C@H](c3c(F)cccc3Cl)n3ncnc3N2)cc1. The molecule has 0 bridgehead atoms. The third-order valence-electron chi connectivity index (χ3n) is 4.56. The third kappa shape index (κ3) is 3.01. The summed E-state index contributed by atoms with van der Waals surface area (Å²) in [5.41, 5.74) is 1.51. The van der Waals surface area contributed by atoms with Crippen LogP contribution in [0, 0.1) is 5.82 Å². The Kier molecular flexibility index (Phi) is 4.51. The number of nitrogens with one attached hydrogen (secondary N) is 1. The molecule has 0 saturated heterocycles. The molecule has 2 atom stereocenters. The fourth-order valence-corrected chi connectivity index (χ4v) is 3.66. The molecule has 0 amide bonds. The highest BCUT2D eigenvalue weighted by molar-refractivity contribution is 6.31. The maximum atomic E-state index is 14.5. The van der Waals surface area contributed by atoms with E-state index in [1.54, 1.807) is 16.8 Å². The lowest BCUT2D eigenvalue weighted by Gasteiger charge is -2.32. The minimum absolute atomic E-state index is 0.0388. The second-order valence-electron chi connectivity index (χ2n) is 6.11. The Bertz CT molecular complexity index is 892. The van der Waals surface area contributed by atoms with E-state index in [1.165, 1.54) is 12.4 Å². The van der Waals surface area contributed by atoms with Gasteiger partial charge in [-0.2, -0.15) is 10.1 Å². The average Bonchev–Trinajstić information content (AvgIpc) is 3.11. The number of aromatic nitrogens is 3. The summed E-state index contributed by atoms with van der Waals surface area (Å²) >= 11 is 6.31. The van der Waals surface area contributed by atoms with Crippen LogP contribution in [0.4, 0.5) is 10.3 Å². The summed E-state index contributed by atoms with van der Waals surface area (Å²) in [4.78, 5) is 4.27. The number of anilines is 1. The highest BCUT2D eigenvalue weighted by Gasteiger charge is 2.32. The van der Waals surface area contributed by atoms with Gasteiger partial charge in [0.1, 0.15) is 17.9 Å². The van der Waals surface area contributed by atoms with E-state index >= 15 is 0 Å². The lowest BCUT2D eigenvalue weighted by molar-refractivity contribution is 0.340. The first-order chi connectivity index (χ1) is 12.7. The van der Waals surface area contributed by atoms with Crippen LogP contribution in [-0.2, 0) is 0 Å². The zero-order chi connectivity index (χ0) is 18.1. The van der Waals surface area contributed by atoms with Gasteiger partial charge in [-0.25, -0.2) is 9.07 Å². The molecule has 2 aromatic carbocycles. The fraction of sp³-hybridized carbons (Fsp3) is 0.263. The third-order valence-corrected chi connectivity index (χ3v) is 4.89. The molecule has 4 rings (SSSR count). The lowest BCUT2D eigenvalue weighted by Crippen LogP contribution is -2.28. The average molecular weight is 373 g/mol. The van der Waals surface area contributed by atoms with Crippen molar-refractivity contribution in [2.45, 2.75) is 25.4 Å². The number of benzene rings is 2. The molecule has 0 radical (unpaired) electrons. The number of rotatable bonds is 4. The van der Waals surface area contributed by atoms with Crippen LogP contribution in [0.1, 0.15) is 36.6 Å². The molecule has 1 aliphatic rings. The van der Waals surface area contributed by atoms with Crippen molar-refractivity contribution in [2.24, 2.45) is 0 Å². The van der Waals surface area contributed by atoms with Crippen molar-refractivity contribution < 1.29 is 9.13 Å². The van der Waals surface area contributed by atoms with Gasteiger partial charge in [0, 0.05) is 10.6 Å². The molecule has 0 spiro atoms. The Hall–Kier alpha value is -2.60. The molecule has 5 nitrogen and oxygen atoms in total. The van der Waals surface area contributed by atoms with Gasteiger partial charge in [-0.1, -0.05) is 29.8 Å². The van der Waals surface area contributed by atoms with E-state index in [4.69, 9.17) is 16.3 Å². The predicted octanol–water partition coefficient (Wildman–Crippen LogP) is 4.62. The van der Waals surface area contributed by atoms with Gasteiger partial charge in [0.25, 0.3) is 0 Å². The van der Waals surface area contributed by atoms with Gasteiger partial charge in [0.2, 0.25) is 5.95 Å². The molecule has 26 heavy (non-hydrogen) atoms. The van der Waals surface area contributed by atoms with Crippen LogP contribution in [0.2, 0.25) is 5.02 Å².